The van der Waals surface area contributed by atoms with E-state index in [-0.39, 0.29) is 17.8 Å². The Labute approximate surface area is 197 Å². The van der Waals surface area contributed by atoms with Crippen LogP contribution in [0, 0.1) is 0 Å². The highest BCUT2D eigenvalue weighted by molar-refractivity contribution is 7.10. The number of thiophene rings is 1. The van der Waals surface area contributed by atoms with Crippen molar-refractivity contribution in [2.45, 2.75) is 58.5 Å². The SMILES string of the molecule is C[C@@H]1CN(Cc2ccc(-c3cnc(CN4CCc5sccc5C4)cc3C(F)F)o2)C[C@H](C)O1. The van der Waals surface area contributed by atoms with Crippen LogP contribution in [0.15, 0.2) is 40.3 Å². The maximum atomic E-state index is 14.0. The van der Waals surface area contributed by atoms with Crippen LogP contribution in [0.3, 0.4) is 0 Å². The normalized spacial score (nSPS) is 22.1. The first-order valence-electron chi connectivity index (χ1n) is 11.5. The van der Waals surface area contributed by atoms with Crippen LogP contribution in [0.25, 0.3) is 11.3 Å². The van der Waals surface area contributed by atoms with E-state index < -0.39 is 6.43 Å². The lowest BCUT2D eigenvalue weighted by molar-refractivity contribution is -0.0718. The molecule has 0 amide bonds. The molecule has 0 aliphatic carbocycles. The quantitative estimate of drug-likeness (QED) is 0.472. The molecule has 1 saturated heterocycles. The van der Waals surface area contributed by atoms with Crippen molar-refractivity contribution >= 4 is 11.3 Å². The first kappa shape index (κ1) is 22.7. The molecule has 2 atom stereocenters. The molecule has 3 aromatic rings. The Morgan fingerprint density at radius 2 is 1.94 bits per heavy atom. The molecule has 5 rings (SSSR count). The van der Waals surface area contributed by atoms with Crippen LogP contribution in [0.2, 0.25) is 0 Å². The van der Waals surface area contributed by atoms with Crippen molar-refractivity contribution in [1.82, 2.24) is 14.8 Å². The number of nitrogens with zero attached hydrogens (tertiary/aromatic N) is 3. The molecule has 0 radical (unpaired) electrons. The minimum absolute atomic E-state index is 0.0252. The van der Waals surface area contributed by atoms with Gasteiger partial charge in [0.1, 0.15) is 11.5 Å². The van der Waals surface area contributed by atoms with E-state index in [1.165, 1.54) is 22.7 Å². The van der Waals surface area contributed by atoms with Gasteiger partial charge in [-0.3, -0.25) is 14.8 Å². The Kier molecular flexibility index (Phi) is 6.60. The van der Waals surface area contributed by atoms with Gasteiger partial charge < -0.3 is 9.15 Å². The molecule has 0 unspecified atom stereocenters. The van der Waals surface area contributed by atoms with E-state index in [0.717, 1.165) is 38.4 Å². The minimum Gasteiger partial charge on any atom is -0.460 e. The van der Waals surface area contributed by atoms with Gasteiger partial charge in [0.05, 0.1) is 24.4 Å². The van der Waals surface area contributed by atoms with Gasteiger partial charge in [-0.2, -0.15) is 0 Å². The third kappa shape index (κ3) is 5.19. The number of pyridine rings is 1. The Balaban J connectivity index is 1.30. The van der Waals surface area contributed by atoms with Crippen molar-refractivity contribution < 1.29 is 17.9 Å². The van der Waals surface area contributed by atoms with Crippen molar-refractivity contribution in [2.75, 3.05) is 19.6 Å². The minimum atomic E-state index is -2.60. The Morgan fingerprint density at radius 1 is 1.12 bits per heavy atom. The lowest BCUT2D eigenvalue weighted by Crippen LogP contribution is -2.44. The highest BCUT2D eigenvalue weighted by Crippen LogP contribution is 2.33. The van der Waals surface area contributed by atoms with Gasteiger partial charge in [0.25, 0.3) is 6.43 Å². The lowest BCUT2D eigenvalue weighted by Gasteiger charge is -2.34. The van der Waals surface area contributed by atoms with E-state index in [0.29, 0.717) is 30.1 Å². The van der Waals surface area contributed by atoms with Crippen molar-refractivity contribution in [2.24, 2.45) is 0 Å². The Bertz CT molecular complexity index is 1090. The summed E-state index contributed by atoms with van der Waals surface area (Å²) in [6.07, 6.45) is 0.273. The summed E-state index contributed by atoms with van der Waals surface area (Å²) in [7, 11) is 0. The smallest absolute Gasteiger partial charge is 0.264 e. The fourth-order valence-electron chi connectivity index (χ4n) is 4.90. The molecule has 3 aromatic heterocycles. The Morgan fingerprint density at radius 3 is 2.73 bits per heavy atom. The van der Waals surface area contributed by atoms with Crippen molar-refractivity contribution in [1.29, 1.82) is 0 Å². The standard InChI is InChI=1S/C25H29F2N3O2S/c1-16-11-30(12-17(2)31-16)15-20-3-4-23(32-20)22-10-28-19(9-21(22)25(26)27)14-29-7-5-24-18(13-29)6-8-33-24/h3-4,6,8-10,16-17,25H,5,7,11-15H2,1-2H3/t16-,17+. The zero-order valence-corrected chi connectivity index (χ0v) is 19.8. The number of alkyl halides is 2. The molecule has 176 valence electrons. The summed E-state index contributed by atoms with van der Waals surface area (Å²) < 4.78 is 39.7. The predicted molar refractivity (Wildman–Crippen MR) is 124 cm³/mol. The number of hydrogen-bond acceptors (Lipinski definition) is 6. The topological polar surface area (TPSA) is 41.7 Å². The predicted octanol–water partition coefficient (Wildman–Crippen LogP) is 5.51. The molecule has 0 bridgehead atoms. The highest BCUT2D eigenvalue weighted by Gasteiger charge is 2.24. The van der Waals surface area contributed by atoms with E-state index in [1.54, 1.807) is 17.4 Å². The second-order valence-electron chi connectivity index (χ2n) is 9.11. The third-order valence-corrected chi connectivity index (χ3v) is 7.32. The van der Waals surface area contributed by atoms with E-state index in [2.05, 4.69) is 40.1 Å². The van der Waals surface area contributed by atoms with Crippen molar-refractivity contribution in [3.05, 3.63) is 63.3 Å². The molecule has 1 fully saturated rings. The van der Waals surface area contributed by atoms with Gasteiger partial charge in [-0.15, -0.1) is 11.3 Å². The maximum absolute atomic E-state index is 14.0. The van der Waals surface area contributed by atoms with Crippen molar-refractivity contribution in [3.63, 3.8) is 0 Å². The second-order valence-corrected chi connectivity index (χ2v) is 10.1. The van der Waals surface area contributed by atoms with Gasteiger partial charge in [0, 0.05) is 54.9 Å². The first-order valence-corrected chi connectivity index (χ1v) is 12.3. The molecular weight excluding hydrogens is 444 g/mol. The summed E-state index contributed by atoms with van der Waals surface area (Å²) in [6.45, 7) is 8.71. The summed E-state index contributed by atoms with van der Waals surface area (Å²) in [4.78, 5) is 10.5. The fraction of sp³-hybridized carbons (Fsp3) is 0.480. The number of furan rings is 1. The first-order chi connectivity index (χ1) is 15.9. The average molecular weight is 474 g/mol. The molecular formula is C25H29F2N3O2S. The lowest BCUT2D eigenvalue weighted by atomic mass is 10.1. The molecule has 5 heterocycles. The van der Waals surface area contributed by atoms with E-state index in [1.807, 2.05) is 6.07 Å². The fourth-order valence-corrected chi connectivity index (χ4v) is 5.79. The van der Waals surface area contributed by atoms with Crippen LogP contribution in [0.1, 0.15) is 47.7 Å². The number of rotatable bonds is 6. The van der Waals surface area contributed by atoms with Crippen LogP contribution in [0.4, 0.5) is 8.78 Å². The van der Waals surface area contributed by atoms with E-state index in [9.17, 15) is 8.78 Å². The Hall–Kier alpha value is -2.13. The number of ether oxygens (including phenoxy) is 1. The third-order valence-electron chi connectivity index (χ3n) is 6.30. The summed E-state index contributed by atoms with van der Waals surface area (Å²) in [6, 6.07) is 7.33. The van der Waals surface area contributed by atoms with Gasteiger partial charge in [0.15, 0.2) is 0 Å². The zero-order valence-electron chi connectivity index (χ0n) is 19.0. The van der Waals surface area contributed by atoms with E-state index in [4.69, 9.17) is 9.15 Å². The van der Waals surface area contributed by atoms with Crippen LogP contribution in [-0.4, -0.2) is 46.6 Å². The molecule has 2 aliphatic heterocycles. The number of hydrogen-bond donors (Lipinski definition) is 0. The number of halogens is 2. The van der Waals surface area contributed by atoms with Gasteiger partial charge in [0.2, 0.25) is 0 Å². The van der Waals surface area contributed by atoms with Crippen LogP contribution >= 0.6 is 11.3 Å². The van der Waals surface area contributed by atoms with Crippen molar-refractivity contribution in [3.8, 4) is 11.3 Å². The molecule has 0 N–H and O–H groups in total. The molecule has 33 heavy (non-hydrogen) atoms. The van der Waals surface area contributed by atoms with Crippen LogP contribution < -0.4 is 0 Å². The van der Waals surface area contributed by atoms with Gasteiger partial charge in [-0.05, 0) is 55.5 Å². The van der Waals surface area contributed by atoms with Gasteiger partial charge in [-0.25, -0.2) is 8.78 Å². The number of fused-ring (bicyclic) bond motifs is 1. The molecule has 0 aromatic carbocycles. The number of aromatic nitrogens is 1. The molecule has 0 spiro atoms. The van der Waals surface area contributed by atoms with Gasteiger partial charge >= 0.3 is 0 Å². The van der Waals surface area contributed by atoms with Crippen LogP contribution in [0.5, 0.6) is 0 Å². The molecule has 0 saturated carbocycles. The monoisotopic (exact) mass is 473 g/mol. The van der Waals surface area contributed by atoms with E-state index >= 15 is 0 Å². The number of morpholine rings is 1. The average Bonchev–Trinajstić information content (AvgIpc) is 3.42. The molecule has 8 heteroatoms. The summed E-state index contributed by atoms with van der Waals surface area (Å²) in [5, 5.41) is 2.12. The summed E-state index contributed by atoms with van der Waals surface area (Å²) >= 11 is 1.79. The maximum Gasteiger partial charge on any atom is 0.264 e. The zero-order chi connectivity index (χ0) is 22.9. The largest absolute Gasteiger partial charge is 0.460 e. The highest BCUT2D eigenvalue weighted by atomic mass is 32.1. The summed E-state index contributed by atoms with van der Waals surface area (Å²) in [5.74, 6) is 1.20. The second kappa shape index (κ2) is 9.62. The van der Waals surface area contributed by atoms with Gasteiger partial charge in [-0.1, -0.05) is 0 Å². The summed E-state index contributed by atoms with van der Waals surface area (Å²) in [5.41, 5.74) is 2.34. The van der Waals surface area contributed by atoms with Crippen LogP contribution in [-0.2, 0) is 30.8 Å². The molecule has 5 nitrogen and oxygen atoms in total. The molecule has 2 aliphatic rings.